The molecule has 0 fully saturated rings. The van der Waals surface area contributed by atoms with Crippen LogP contribution in [0.15, 0.2) is 6.07 Å². The lowest BCUT2D eigenvalue weighted by atomic mass is 10.0. The van der Waals surface area contributed by atoms with E-state index in [1.165, 1.54) is 0 Å². The van der Waals surface area contributed by atoms with Gasteiger partial charge in [-0.2, -0.15) is 0 Å². The highest BCUT2D eigenvalue weighted by Gasteiger charge is 2.11. The number of ether oxygens (including phenoxy) is 2. The standard InChI is InChI=1S/C12H18ClNO2/c1-8-5-11(16-4)10(6-14-7-15-3)9(2)12(8)13/h5,14H,6-7H2,1-4H3. The van der Waals surface area contributed by atoms with E-state index in [0.29, 0.717) is 13.3 Å². The van der Waals surface area contributed by atoms with E-state index in [2.05, 4.69) is 5.32 Å². The zero-order valence-corrected chi connectivity index (χ0v) is 10.9. The van der Waals surface area contributed by atoms with Gasteiger partial charge in [0.25, 0.3) is 0 Å². The van der Waals surface area contributed by atoms with Crippen LogP contribution in [-0.4, -0.2) is 21.0 Å². The predicted molar refractivity (Wildman–Crippen MR) is 66.2 cm³/mol. The van der Waals surface area contributed by atoms with Crippen LogP contribution in [0.3, 0.4) is 0 Å². The third-order valence-corrected chi connectivity index (χ3v) is 3.12. The highest BCUT2D eigenvalue weighted by atomic mass is 35.5. The summed E-state index contributed by atoms with van der Waals surface area (Å²) in [5, 5.41) is 3.95. The number of hydrogen-bond acceptors (Lipinski definition) is 3. The van der Waals surface area contributed by atoms with Crippen molar-refractivity contribution in [2.75, 3.05) is 21.0 Å². The van der Waals surface area contributed by atoms with E-state index in [1.807, 2.05) is 19.9 Å². The van der Waals surface area contributed by atoms with Crippen LogP contribution in [0.2, 0.25) is 5.02 Å². The average Bonchev–Trinajstić information content (AvgIpc) is 2.29. The number of methoxy groups -OCH3 is 2. The summed E-state index contributed by atoms with van der Waals surface area (Å²) in [5.74, 6) is 0.864. The summed E-state index contributed by atoms with van der Waals surface area (Å²) < 4.78 is 10.3. The molecule has 1 rings (SSSR count). The van der Waals surface area contributed by atoms with Crippen molar-refractivity contribution in [3.05, 3.63) is 27.8 Å². The van der Waals surface area contributed by atoms with E-state index in [-0.39, 0.29) is 0 Å². The molecule has 4 heteroatoms. The van der Waals surface area contributed by atoms with E-state index in [1.54, 1.807) is 14.2 Å². The minimum absolute atomic E-state index is 0.508. The molecule has 90 valence electrons. The molecule has 0 aliphatic rings. The summed E-state index contributed by atoms with van der Waals surface area (Å²) in [5.41, 5.74) is 3.17. The maximum Gasteiger partial charge on any atom is 0.123 e. The highest BCUT2D eigenvalue weighted by Crippen LogP contribution is 2.31. The van der Waals surface area contributed by atoms with E-state index in [4.69, 9.17) is 21.1 Å². The maximum absolute atomic E-state index is 6.21. The van der Waals surface area contributed by atoms with Crippen molar-refractivity contribution in [3.8, 4) is 5.75 Å². The van der Waals surface area contributed by atoms with Crippen molar-refractivity contribution < 1.29 is 9.47 Å². The number of hydrogen-bond donors (Lipinski definition) is 1. The zero-order chi connectivity index (χ0) is 12.1. The largest absolute Gasteiger partial charge is 0.496 e. The summed E-state index contributed by atoms with van der Waals surface area (Å²) in [7, 11) is 3.32. The number of rotatable bonds is 5. The van der Waals surface area contributed by atoms with Crippen LogP contribution in [0.5, 0.6) is 5.75 Å². The Bertz CT molecular complexity index is 367. The fraction of sp³-hybridized carbons (Fsp3) is 0.500. The van der Waals surface area contributed by atoms with Crippen molar-refractivity contribution in [1.82, 2.24) is 5.32 Å². The van der Waals surface area contributed by atoms with E-state index in [0.717, 1.165) is 27.5 Å². The molecular formula is C12H18ClNO2. The molecule has 0 spiro atoms. The highest BCUT2D eigenvalue weighted by molar-refractivity contribution is 6.32. The zero-order valence-electron chi connectivity index (χ0n) is 10.2. The van der Waals surface area contributed by atoms with Gasteiger partial charge in [0.05, 0.1) is 13.8 Å². The van der Waals surface area contributed by atoms with Gasteiger partial charge in [0.1, 0.15) is 5.75 Å². The van der Waals surface area contributed by atoms with E-state index in [9.17, 15) is 0 Å². The minimum atomic E-state index is 0.508. The lowest BCUT2D eigenvalue weighted by molar-refractivity contribution is 0.174. The molecule has 0 aliphatic carbocycles. The third kappa shape index (κ3) is 2.88. The Labute approximate surface area is 102 Å². The predicted octanol–water partition coefficient (Wildman–Crippen LogP) is 2.66. The Morgan fingerprint density at radius 2 is 2.00 bits per heavy atom. The van der Waals surface area contributed by atoms with Gasteiger partial charge in [0, 0.05) is 24.2 Å². The first-order valence-corrected chi connectivity index (χ1v) is 5.51. The first-order chi connectivity index (χ1) is 7.61. The van der Waals surface area contributed by atoms with Gasteiger partial charge < -0.3 is 9.47 Å². The third-order valence-electron chi connectivity index (χ3n) is 2.54. The van der Waals surface area contributed by atoms with Crippen LogP contribution in [0.4, 0.5) is 0 Å². The summed E-state index contributed by atoms with van der Waals surface area (Å²) in [6, 6.07) is 1.96. The molecular weight excluding hydrogens is 226 g/mol. The fourth-order valence-electron chi connectivity index (χ4n) is 1.64. The SMILES string of the molecule is COCNCc1c(OC)cc(C)c(Cl)c1C. The topological polar surface area (TPSA) is 30.5 Å². The van der Waals surface area contributed by atoms with Gasteiger partial charge in [-0.05, 0) is 31.0 Å². The van der Waals surface area contributed by atoms with Gasteiger partial charge in [0.15, 0.2) is 0 Å². The normalized spacial score (nSPS) is 10.6. The van der Waals surface area contributed by atoms with Crippen LogP contribution in [-0.2, 0) is 11.3 Å². The number of aryl methyl sites for hydroxylation is 1. The molecule has 0 radical (unpaired) electrons. The Morgan fingerprint density at radius 1 is 1.31 bits per heavy atom. The molecule has 1 aromatic carbocycles. The maximum atomic E-state index is 6.21. The van der Waals surface area contributed by atoms with Gasteiger partial charge in [0.2, 0.25) is 0 Å². The molecule has 0 atom stereocenters. The number of halogens is 1. The lowest BCUT2D eigenvalue weighted by Gasteiger charge is -2.15. The molecule has 0 saturated carbocycles. The molecule has 0 aromatic heterocycles. The van der Waals surface area contributed by atoms with Crippen molar-refractivity contribution in [2.24, 2.45) is 0 Å². The van der Waals surface area contributed by atoms with Gasteiger partial charge in [-0.15, -0.1) is 0 Å². The summed E-state index contributed by atoms with van der Waals surface area (Å²) in [4.78, 5) is 0. The number of nitrogens with one attached hydrogen (secondary N) is 1. The molecule has 0 heterocycles. The Hall–Kier alpha value is -0.770. The van der Waals surface area contributed by atoms with Crippen LogP contribution in [0.25, 0.3) is 0 Å². The van der Waals surface area contributed by atoms with Crippen LogP contribution < -0.4 is 10.1 Å². The van der Waals surface area contributed by atoms with Crippen LogP contribution in [0.1, 0.15) is 16.7 Å². The summed E-state index contributed by atoms with van der Waals surface area (Å²) >= 11 is 6.21. The molecule has 0 aliphatic heterocycles. The van der Waals surface area contributed by atoms with Crippen molar-refractivity contribution in [3.63, 3.8) is 0 Å². The Morgan fingerprint density at radius 3 is 2.56 bits per heavy atom. The van der Waals surface area contributed by atoms with Gasteiger partial charge in [-0.1, -0.05) is 11.6 Å². The molecule has 1 N–H and O–H groups in total. The molecule has 0 amide bonds. The molecule has 0 bridgehead atoms. The summed E-state index contributed by atoms with van der Waals surface area (Å²) in [6.45, 7) is 5.17. The molecule has 16 heavy (non-hydrogen) atoms. The van der Waals surface area contributed by atoms with E-state index < -0.39 is 0 Å². The Balaban J connectivity index is 3.00. The summed E-state index contributed by atoms with van der Waals surface area (Å²) in [6.07, 6.45) is 0. The minimum Gasteiger partial charge on any atom is -0.496 e. The van der Waals surface area contributed by atoms with Crippen LogP contribution >= 0.6 is 11.6 Å². The van der Waals surface area contributed by atoms with Crippen LogP contribution in [0, 0.1) is 13.8 Å². The molecule has 0 unspecified atom stereocenters. The molecule has 0 saturated heterocycles. The first kappa shape index (κ1) is 13.3. The smallest absolute Gasteiger partial charge is 0.123 e. The molecule has 3 nitrogen and oxygen atoms in total. The first-order valence-electron chi connectivity index (χ1n) is 5.14. The second-order valence-electron chi connectivity index (χ2n) is 3.67. The molecule has 1 aromatic rings. The second kappa shape index (κ2) is 6.09. The van der Waals surface area contributed by atoms with Gasteiger partial charge in [-0.25, -0.2) is 0 Å². The van der Waals surface area contributed by atoms with Crippen molar-refractivity contribution >= 4 is 11.6 Å². The quantitative estimate of drug-likeness (QED) is 0.637. The van der Waals surface area contributed by atoms with Gasteiger partial charge in [-0.3, -0.25) is 5.32 Å². The van der Waals surface area contributed by atoms with Crippen molar-refractivity contribution in [1.29, 1.82) is 0 Å². The second-order valence-corrected chi connectivity index (χ2v) is 4.05. The Kier molecular flexibility index (Phi) is 5.06. The lowest BCUT2D eigenvalue weighted by Crippen LogP contribution is -2.17. The van der Waals surface area contributed by atoms with Crippen molar-refractivity contribution in [2.45, 2.75) is 20.4 Å². The average molecular weight is 244 g/mol. The number of benzene rings is 1. The van der Waals surface area contributed by atoms with E-state index >= 15 is 0 Å². The fourth-order valence-corrected chi connectivity index (χ4v) is 1.81. The van der Waals surface area contributed by atoms with Gasteiger partial charge >= 0.3 is 0 Å². The monoisotopic (exact) mass is 243 g/mol.